The second kappa shape index (κ2) is 5.76. The van der Waals surface area contributed by atoms with Gasteiger partial charge in [-0.1, -0.05) is 23.7 Å². The summed E-state index contributed by atoms with van der Waals surface area (Å²) >= 11 is 5.92. The van der Waals surface area contributed by atoms with Crippen LogP contribution in [0.2, 0.25) is 5.02 Å². The molecule has 1 aliphatic rings. The van der Waals surface area contributed by atoms with Crippen LogP contribution in [-0.4, -0.2) is 13.2 Å². The van der Waals surface area contributed by atoms with Crippen LogP contribution >= 0.6 is 11.6 Å². The van der Waals surface area contributed by atoms with Gasteiger partial charge in [0.15, 0.2) is 0 Å². The molecular formula is C17H18ClNO. The van der Waals surface area contributed by atoms with Crippen LogP contribution in [0, 0.1) is 0 Å². The first-order valence-electron chi connectivity index (χ1n) is 6.90. The summed E-state index contributed by atoms with van der Waals surface area (Å²) in [7, 11) is 1.69. The topological polar surface area (TPSA) is 21.3 Å². The fourth-order valence-corrected chi connectivity index (χ4v) is 2.79. The molecule has 0 spiro atoms. The van der Waals surface area contributed by atoms with Crippen LogP contribution in [0.3, 0.4) is 0 Å². The molecule has 1 saturated carbocycles. The Morgan fingerprint density at radius 1 is 1.00 bits per heavy atom. The zero-order valence-electron chi connectivity index (χ0n) is 11.5. The maximum Gasteiger partial charge on any atom is 0.119 e. The lowest BCUT2D eigenvalue weighted by Crippen LogP contribution is -2.33. The summed E-state index contributed by atoms with van der Waals surface area (Å²) in [4.78, 5) is 0. The summed E-state index contributed by atoms with van der Waals surface area (Å²) in [6.45, 7) is 0. The van der Waals surface area contributed by atoms with E-state index in [-0.39, 0.29) is 0 Å². The van der Waals surface area contributed by atoms with Gasteiger partial charge >= 0.3 is 0 Å². The van der Waals surface area contributed by atoms with Crippen molar-refractivity contribution in [2.45, 2.75) is 24.8 Å². The number of hydrogen-bond acceptors (Lipinski definition) is 2. The first-order chi connectivity index (χ1) is 9.74. The summed E-state index contributed by atoms with van der Waals surface area (Å²) in [6, 6.07) is 16.9. The third kappa shape index (κ3) is 2.91. The molecule has 3 rings (SSSR count). The van der Waals surface area contributed by atoms with Crippen molar-refractivity contribution in [2.75, 3.05) is 12.4 Å². The Bertz CT molecular complexity index is 559. The largest absolute Gasteiger partial charge is 0.497 e. The number of hydrogen-bond donors (Lipinski definition) is 1. The standard InChI is InChI=1S/C17H18ClNO/c1-20-17-8-6-15(7-9-17)19-16-10-13(11-16)12-2-4-14(18)5-3-12/h2-9,13,16,19H,10-11H2,1H3. The predicted octanol–water partition coefficient (Wildman–Crippen LogP) is 4.71. The van der Waals surface area contributed by atoms with E-state index in [1.807, 2.05) is 24.3 Å². The molecule has 0 radical (unpaired) electrons. The van der Waals surface area contributed by atoms with Crippen LogP contribution in [0.1, 0.15) is 24.3 Å². The summed E-state index contributed by atoms with van der Waals surface area (Å²) in [5.41, 5.74) is 2.55. The number of methoxy groups -OCH3 is 1. The number of halogens is 1. The Balaban J connectivity index is 1.53. The molecule has 3 heteroatoms. The van der Waals surface area contributed by atoms with Gasteiger partial charge in [0.05, 0.1) is 7.11 Å². The van der Waals surface area contributed by atoms with Crippen molar-refractivity contribution in [1.29, 1.82) is 0 Å². The van der Waals surface area contributed by atoms with Crippen LogP contribution in [0.5, 0.6) is 5.75 Å². The van der Waals surface area contributed by atoms with Gasteiger partial charge in [0, 0.05) is 16.8 Å². The van der Waals surface area contributed by atoms with Crippen LogP contribution in [0.25, 0.3) is 0 Å². The number of nitrogens with one attached hydrogen (secondary N) is 1. The van der Waals surface area contributed by atoms with Crippen LogP contribution in [0.4, 0.5) is 5.69 Å². The fourth-order valence-electron chi connectivity index (χ4n) is 2.67. The zero-order chi connectivity index (χ0) is 13.9. The molecule has 0 aliphatic heterocycles. The molecule has 2 aromatic rings. The fraction of sp³-hybridized carbons (Fsp3) is 0.294. The molecule has 104 valence electrons. The second-order valence-electron chi connectivity index (χ2n) is 5.29. The molecule has 1 fully saturated rings. The second-order valence-corrected chi connectivity index (χ2v) is 5.73. The minimum atomic E-state index is 0.559. The quantitative estimate of drug-likeness (QED) is 0.879. The Kier molecular flexibility index (Phi) is 3.83. The van der Waals surface area contributed by atoms with Gasteiger partial charge in [-0.05, 0) is 60.7 Å². The van der Waals surface area contributed by atoms with Gasteiger partial charge < -0.3 is 10.1 Å². The van der Waals surface area contributed by atoms with E-state index >= 15 is 0 Å². The predicted molar refractivity (Wildman–Crippen MR) is 83.8 cm³/mol. The smallest absolute Gasteiger partial charge is 0.119 e. The zero-order valence-corrected chi connectivity index (χ0v) is 12.2. The molecular weight excluding hydrogens is 270 g/mol. The third-order valence-electron chi connectivity index (χ3n) is 3.94. The maximum atomic E-state index is 5.92. The van der Waals surface area contributed by atoms with Gasteiger partial charge in [-0.3, -0.25) is 0 Å². The van der Waals surface area contributed by atoms with Crippen LogP contribution in [0.15, 0.2) is 48.5 Å². The van der Waals surface area contributed by atoms with Crippen molar-refractivity contribution in [3.05, 3.63) is 59.1 Å². The van der Waals surface area contributed by atoms with Crippen molar-refractivity contribution >= 4 is 17.3 Å². The lowest BCUT2D eigenvalue weighted by atomic mass is 9.76. The molecule has 0 bridgehead atoms. The van der Waals surface area contributed by atoms with E-state index in [2.05, 4.69) is 29.6 Å². The van der Waals surface area contributed by atoms with Gasteiger partial charge in [-0.2, -0.15) is 0 Å². The molecule has 2 nitrogen and oxygen atoms in total. The van der Waals surface area contributed by atoms with Crippen molar-refractivity contribution in [1.82, 2.24) is 0 Å². The monoisotopic (exact) mass is 287 g/mol. The van der Waals surface area contributed by atoms with Crippen molar-refractivity contribution < 1.29 is 4.74 Å². The Labute approximate surface area is 124 Å². The van der Waals surface area contributed by atoms with E-state index in [9.17, 15) is 0 Å². The normalized spacial score (nSPS) is 21.1. The highest BCUT2D eigenvalue weighted by Gasteiger charge is 2.29. The summed E-state index contributed by atoms with van der Waals surface area (Å²) in [6.07, 6.45) is 2.35. The van der Waals surface area contributed by atoms with E-state index in [0.29, 0.717) is 12.0 Å². The molecule has 1 aliphatic carbocycles. The SMILES string of the molecule is COc1ccc(NC2CC(c3ccc(Cl)cc3)C2)cc1. The van der Waals surface area contributed by atoms with Crippen molar-refractivity contribution in [3.63, 3.8) is 0 Å². The highest BCUT2D eigenvalue weighted by Crippen LogP contribution is 2.38. The highest BCUT2D eigenvalue weighted by molar-refractivity contribution is 6.30. The van der Waals surface area contributed by atoms with Gasteiger partial charge in [0.2, 0.25) is 0 Å². The molecule has 0 saturated heterocycles. The molecule has 0 aromatic heterocycles. The van der Waals surface area contributed by atoms with Gasteiger partial charge in [0.25, 0.3) is 0 Å². The molecule has 1 N–H and O–H groups in total. The highest BCUT2D eigenvalue weighted by atomic mass is 35.5. The molecule has 0 amide bonds. The Morgan fingerprint density at radius 3 is 2.25 bits per heavy atom. The van der Waals surface area contributed by atoms with Crippen LogP contribution < -0.4 is 10.1 Å². The molecule has 20 heavy (non-hydrogen) atoms. The lowest BCUT2D eigenvalue weighted by molar-refractivity contribution is 0.374. The first kappa shape index (κ1) is 13.3. The van der Waals surface area contributed by atoms with Gasteiger partial charge in [-0.25, -0.2) is 0 Å². The Morgan fingerprint density at radius 2 is 1.65 bits per heavy atom. The number of ether oxygens (including phenoxy) is 1. The number of benzene rings is 2. The van der Waals surface area contributed by atoms with Crippen molar-refractivity contribution in [3.8, 4) is 5.75 Å². The average Bonchev–Trinajstić information content (AvgIpc) is 2.44. The van der Waals surface area contributed by atoms with E-state index in [1.165, 1.54) is 18.4 Å². The van der Waals surface area contributed by atoms with E-state index in [0.717, 1.165) is 16.5 Å². The van der Waals surface area contributed by atoms with Crippen LogP contribution in [-0.2, 0) is 0 Å². The summed E-state index contributed by atoms with van der Waals surface area (Å²) < 4.78 is 5.16. The van der Waals surface area contributed by atoms with Crippen molar-refractivity contribution in [2.24, 2.45) is 0 Å². The third-order valence-corrected chi connectivity index (χ3v) is 4.19. The van der Waals surface area contributed by atoms with E-state index < -0.39 is 0 Å². The molecule has 2 aromatic carbocycles. The Hall–Kier alpha value is -1.67. The first-order valence-corrected chi connectivity index (χ1v) is 7.28. The lowest BCUT2D eigenvalue weighted by Gasteiger charge is -2.37. The summed E-state index contributed by atoms with van der Waals surface area (Å²) in [5.74, 6) is 1.55. The van der Waals surface area contributed by atoms with Gasteiger partial charge in [0.1, 0.15) is 5.75 Å². The van der Waals surface area contributed by atoms with E-state index in [1.54, 1.807) is 7.11 Å². The minimum absolute atomic E-state index is 0.559. The molecule has 0 unspecified atom stereocenters. The average molecular weight is 288 g/mol. The van der Waals surface area contributed by atoms with Gasteiger partial charge in [-0.15, -0.1) is 0 Å². The number of anilines is 1. The van der Waals surface area contributed by atoms with E-state index in [4.69, 9.17) is 16.3 Å². The molecule has 0 atom stereocenters. The summed E-state index contributed by atoms with van der Waals surface area (Å²) in [5, 5.41) is 4.37. The number of rotatable bonds is 4. The minimum Gasteiger partial charge on any atom is -0.497 e. The molecule has 0 heterocycles. The maximum absolute atomic E-state index is 5.92.